The highest BCUT2D eigenvalue weighted by atomic mass is 35.5. The van der Waals surface area contributed by atoms with E-state index in [0.717, 1.165) is 34.0 Å². The number of fused-ring (bicyclic) bond motifs is 1. The molecule has 2 amide bonds. The van der Waals surface area contributed by atoms with Crippen molar-refractivity contribution in [1.82, 2.24) is 29.5 Å². The van der Waals surface area contributed by atoms with Crippen molar-refractivity contribution >= 4 is 29.2 Å². The number of piperazine rings is 1. The standard InChI is InChI=1S/C25H28ClN7O2/c1-16-4-5-20(26)19(12-16)25(35)32-10-8-31(9-11-32)24-23(18-13-27-30(3)14-18)28-22-15-33(17(2)34)7-6-21(22)29-24/h4-5,12-14H,6-11,15H2,1-3H3. The van der Waals surface area contributed by atoms with E-state index in [4.69, 9.17) is 21.6 Å². The quantitative estimate of drug-likeness (QED) is 0.557. The molecule has 1 saturated heterocycles. The molecule has 0 spiro atoms. The molecule has 1 aromatic carbocycles. The molecule has 35 heavy (non-hydrogen) atoms. The van der Waals surface area contributed by atoms with Gasteiger partial charge in [-0.2, -0.15) is 5.10 Å². The number of benzene rings is 1. The van der Waals surface area contributed by atoms with Gasteiger partial charge in [-0.15, -0.1) is 0 Å². The second-order valence-electron chi connectivity index (χ2n) is 9.15. The fraction of sp³-hybridized carbons (Fsp3) is 0.400. The van der Waals surface area contributed by atoms with Gasteiger partial charge in [0.25, 0.3) is 5.91 Å². The van der Waals surface area contributed by atoms with Crippen LogP contribution < -0.4 is 4.90 Å². The van der Waals surface area contributed by atoms with E-state index in [2.05, 4.69) is 10.00 Å². The van der Waals surface area contributed by atoms with Gasteiger partial charge >= 0.3 is 0 Å². The number of carbonyl (C=O) groups excluding carboxylic acids is 2. The molecule has 1 fully saturated rings. The van der Waals surface area contributed by atoms with Gasteiger partial charge < -0.3 is 14.7 Å². The Morgan fingerprint density at radius 2 is 1.77 bits per heavy atom. The van der Waals surface area contributed by atoms with Gasteiger partial charge in [0.05, 0.1) is 34.7 Å². The van der Waals surface area contributed by atoms with E-state index in [1.54, 1.807) is 28.8 Å². The fourth-order valence-corrected chi connectivity index (χ4v) is 4.84. The van der Waals surface area contributed by atoms with Crippen LogP contribution in [0.5, 0.6) is 0 Å². The van der Waals surface area contributed by atoms with Crippen LogP contribution in [0.1, 0.15) is 34.2 Å². The molecule has 9 nitrogen and oxygen atoms in total. The molecule has 0 bridgehead atoms. The number of amides is 2. The molecular formula is C25H28ClN7O2. The Hall–Kier alpha value is -3.46. The molecule has 5 rings (SSSR count). The number of aromatic nitrogens is 4. The average Bonchev–Trinajstić information content (AvgIpc) is 3.30. The summed E-state index contributed by atoms with van der Waals surface area (Å²) < 4.78 is 1.74. The summed E-state index contributed by atoms with van der Waals surface area (Å²) in [6, 6.07) is 5.52. The van der Waals surface area contributed by atoms with Gasteiger partial charge in [0.1, 0.15) is 5.69 Å². The number of anilines is 1. The van der Waals surface area contributed by atoms with Crippen LogP contribution in [-0.4, -0.2) is 74.1 Å². The van der Waals surface area contributed by atoms with Crippen molar-refractivity contribution < 1.29 is 9.59 Å². The average molecular weight is 494 g/mol. The molecule has 10 heteroatoms. The van der Waals surface area contributed by atoms with Crippen LogP contribution in [0.4, 0.5) is 5.82 Å². The van der Waals surface area contributed by atoms with Crippen LogP contribution in [0.3, 0.4) is 0 Å². The molecule has 2 aliphatic rings. The van der Waals surface area contributed by atoms with Crippen molar-refractivity contribution in [2.45, 2.75) is 26.8 Å². The van der Waals surface area contributed by atoms with Crippen LogP contribution in [-0.2, 0) is 24.8 Å². The predicted octanol–water partition coefficient (Wildman–Crippen LogP) is 2.71. The van der Waals surface area contributed by atoms with Crippen molar-refractivity contribution in [3.05, 3.63) is 58.1 Å². The van der Waals surface area contributed by atoms with Crippen molar-refractivity contribution in [1.29, 1.82) is 0 Å². The number of hydrogen-bond donors (Lipinski definition) is 0. The van der Waals surface area contributed by atoms with Gasteiger partial charge in [-0.3, -0.25) is 14.3 Å². The SMILES string of the molecule is CC(=O)N1CCc2nc(N3CCN(C(=O)c4cc(C)ccc4Cl)CC3)c(-c3cnn(C)c3)nc2C1. The van der Waals surface area contributed by atoms with Gasteiger partial charge in [-0.25, -0.2) is 9.97 Å². The Kier molecular flexibility index (Phi) is 6.19. The van der Waals surface area contributed by atoms with Gasteiger partial charge in [0.15, 0.2) is 5.82 Å². The maximum absolute atomic E-state index is 13.1. The monoisotopic (exact) mass is 493 g/mol. The molecule has 0 aliphatic carbocycles. The lowest BCUT2D eigenvalue weighted by atomic mass is 10.1. The summed E-state index contributed by atoms with van der Waals surface area (Å²) >= 11 is 6.31. The number of nitrogens with zero attached hydrogens (tertiary/aromatic N) is 7. The maximum atomic E-state index is 13.1. The van der Waals surface area contributed by atoms with Gasteiger partial charge in [0, 0.05) is 64.9 Å². The molecule has 3 aromatic rings. The van der Waals surface area contributed by atoms with E-state index in [1.165, 1.54) is 0 Å². The summed E-state index contributed by atoms with van der Waals surface area (Å²) in [5, 5.41) is 4.79. The number of halogens is 1. The predicted molar refractivity (Wildman–Crippen MR) is 133 cm³/mol. The third-order valence-corrected chi connectivity index (χ3v) is 6.96. The highest BCUT2D eigenvalue weighted by molar-refractivity contribution is 6.33. The highest BCUT2D eigenvalue weighted by Gasteiger charge is 2.29. The second kappa shape index (κ2) is 9.30. The lowest BCUT2D eigenvalue weighted by molar-refractivity contribution is -0.129. The van der Waals surface area contributed by atoms with E-state index in [1.807, 2.05) is 37.2 Å². The molecule has 182 valence electrons. The Morgan fingerprint density at radius 3 is 2.46 bits per heavy atom. The lowest BCUT2D eigenvalue weighted by Gasteiger charge is -2.37. The van der Waals surface area contributed by atoms with E-state index >= 15 is 0 Å². The summed E-state index contributed by atoms with van der Waals surface area (Å²) in [4.78, 5) is 40.9. The summed E-state index contributed by atoms with van der Waals surface area (Å²) in [6.07, 6.45) is 4.38. The van der Waals surface area contributed by atoms with Gasteiger partial charge in [-0.1, -0.05) is 23.2 Å². The molecule has 4 heterocycles. The first-order valence-electron chi connectivity index (χ1n) is 11.7. The zero-order valence-electron chi connectivity index (χ0n) is 20.2. The Balaban J connectivity index is 1.41. The number of rotatable bonds is 3. The minimum absolute atomic E-state index is 0.0407. The molecular weight excluding hydrogens is 466 g/mol. The highest BCUT2D eigenvalue weighted by Crippen LogP contribution is 2.31. The Bertz CT molecular complexity index is 1300. The largest absolute Gasteiger partial charge is 0.351 e. The first-order valence-corrected chi connectivity index (χ1v) is 12.1. The molecule has 0 unspecified atom stereocenters. The minimum atomic E-state index is -0.0494. The lowest BCUT2D eigenvalue weighted by Crippen LogP contribution is -2.49. The molecule has 0 radical (unpaired) electrons. The van der Waals surface area contributed by atoms with Crippen LogP contribution in [0, 0.1) is 6.92 Å². The number of hydrogen-bond acceptors (Lipinski definition) is 6. The summed E-state index contributed by atoms with van der Waals surface area (Å²) in [6.45, 7) is 7.03. The third-order valence-electron chi connectivity index (χ3n) is 6.63. The smallest absolute Gasteiger partial charge is 0.255 e. The molecule has 0 saturated carbocycles. The molecule has 2 aromatic heterocycles. The van der Waals surface area contributed by atoms with Crippen molar-refractivity contribution in [2.24, 2.45) is 7.05 Å². The Labute approximate surface area is 209 Å². The van der Waals surface area contributed by atoms with Crippen molar-refractivity contribution in [3.8, 4) is 11.3 Å². The maximum Gasteiger partial charge on any atom is 0.255 e. The van der Waals surface area contributed by atoms with Crippen molar-refractivity contribution in [3.63, 3.8) is 0 Å². The molecule has 0 atom stereocenters. The van der Waals surface area contributed by atoms with E-state index in [0.29, 0.717) is 56.3 Å². The second-order valence-corrected chi connectivity index (χ2v) is 9.55. The minimum Gasteiger partial charge on any atom is -0.351 e. The number of aryl methyl sites for hydroxylation is 2. The summed E-state index contributed by atoms with van der Waals surface area (Å²) in [5.74, 6) is 0.791. The topological polar surface area (TPSA) is 87.5 Å². The van der Waals surface area contributed by atoms with Crippen molar-refractivity contribution in [2.75, 3.05) is 37.6 Å². The van der Waals surface area contributed by atoms with Crippen LogP contribution in [0.2, 0.25) is 5.02 Å². The van der Waals surface area contributed by atoms with Crippen LogP contribution >= 0.6 is 11.6 Å². The van der Waals surface area contributed by atoms with Gasteiger partial charge in [-0.05, 0) is 19.1 Å². The summed E-state index contributed by atoms with van der Waals surface area (Å²) in [7, 11) is 1.87. The van der Waals surface area contributed by atoms with E-state index in [-0.39, 0.29) is 11.8 Å². The van der Waals surface area contributed by atoms with E-state index in [9.17, 15) is 9.59 Å². The molecule has 0 N–H and O–H groups in total. The van der Waals surface area contributed by atoms with Gasteiger partial charge in [0.2, 0.25) is 5.91 Å². The first kappa shape index (κ1) is 23.3. The zero-order chi connectivity index (χ0) is 24.7. The zero-order valence-corrected chi connectivity index (χ0v) is 20.9. The Morgan fingerprint density at radius 1 is 1.00 bits per heavy atom. The van der Waals surface area contributed by atoms with Crippen LogP contribution in [0.15, 0.2) is 30.6 Å². The molecule has 2 aliphatic heterocycles. The first-order chi connectivity index (χ1) is 16.8. The summed E-state index contributed by atoms with van der Waals surface area (Å²) in [5.41, 5.74) is 4.93. The third kappa shape index (κ3) is 4.60. The fourth-order valence-electron chi connectivity index (χ4n) is 4.64. The normalized spacial score (nSPS) is 15.8. The van der Waals surface area contributed by atoms with E-state index < -0.39 is 0 Å². The number of carbonyl (C=O) groups is 2. The van der Waals surface area contributed by atoms with Crippen LogP contribution in [0.25, 0.3) is 11.3 Å².